The molecule has 2 aromatic carbocycles. The van der Waals surface area contributed by atoms with Crippen molar-refractivity contribution in [1.29, 1.82) is 0 Å². The maximum atomic E-state index is 12.2. The minimum atomic E-state index is -0.468. The molecule has 0 aromatic heterocycles. The van der Waals surface area contributed by atoms with Crippen molar-refractivity contribution in [3.63, 3.8) is 0 Å². The van der Waals surface area contributed by atoms with Crippen LogP contribution in [0.15, 0.2) is 48.5 Å². The Bertz CT molecular complexity index is 740. The van der Waals surface area contributed by atoms with Crippen molar-refractivity contribution in [1.82, 2.24) is 0 Å². The molecule has 0 aliphatic carbocycles. The van der Waals surface area contributed by atoms with Crippen LogP contribution in [-0.4, -0.2) is 25.1 Å². The molecule has 2 rings (SSSR count). The lowest BCUT2D eigenvalue weighted by Gasteiger charge is -2.14. The number of anilines is 1. The van der Waals surface area contributed by atoms with Crippen LogP contribution in [0.2, 0.25) is 0 Å². The van der Waals surface area contributed by atoms with Gasteiger partial charge in [0.25, 0.3) is 5.91 Å². The number of carbonyl (C=O) groups excluding carboxylic acids is 2. The van der Waals surface area contributed by atoms with Gasteiger partial charge in [0.05, 0.1) is 17.9 Å². The molecule has 0 heterocycles. The first-order valence-corrected chi connectivity index (χ1v) is 8.30. The quantitative estimate of drug-likeness (QED) is 0.773. The number of rotatable bonds is 7. The molecular weight excluding hydrogens is 318 g/mol. The fraction of sp³-hybridized carbons (Fsp3) is 0.300. The smallest absolute Gasteiger partial charge is 0.340 e. The molecule has 0 atom stereocenters. The predicted octanol–water partition coefficient (Wildman–Crippen LogP) is 4.00. The highest BCUT2D eigenvalue weighted by molar-refractivity contribution is 6.01. The second-order valence-corrected chi connectivity index (χ2v) is 5.80. The van der Waals surface area contributed by atoms with E-state index in [1.807, 2.05) is 24.3 Å². The minimum absolute atomic E-state index is 0.138. The molecule has 0 saturated heterocycles. The Labute approximate surface area is 148 Å². The van der Waals surface area contributed by atoms with Gasteiger partial charge in [-0.25, -0.2) is 4.79 Å². The van der Waals surface area contributed by atoms with Crippen molar-refractivity contribution >= 4 is 17.6 Å². The van der Waals surface area contributed by atoms with Crippen LogP contribution in [-0.2, 0) is 9.53 Å². The van der Waals surface area contributed by atoms with E-state index >= 15 is 0 Å². The number of nitrogens with one attached hydrogen (secondary N) is 1. The summed E-state index contributed by atoms with van der Waals surface area (Å²) in [5.74, 6) is 0.176. The predicted molar refractivity (Wildman–Crippen MR) is 97.1 cm³/mol. The van der Waals surface area contributed by atoms with Crippen LogP contribution < -0.4 is 10.1 Å². The van der Waals surface area contributed by atoms with Crippen LogP contribution in [0.5, 0.6) is 5.75 Å². The Kier molecular flexibility index (Phi) is 6.57. The van der Waals surface area contributed by atoms with Crippen LogP contribution in [0.1, 0.15) is 42.6 Å². The van der Waals surface area contributed by atoms with Crippen LogP contribution in [0, 0.1) is 0 Å². The molecule has 5 nitrogen and oxygen atoms in total. The maximum absolute atomic E-state index is 12.2. The van der Waals surface area contributed by atoms with Gasteiger partial charge in [0.15, 0.2) is 6.61 Å². The summed E-state index contributed by atoms with van der Waals surface area (Å²) in [6, 6.07) is 14.4. The summed E-state index contributed by atoms with van der Waals surface area (Å²) in [5.41, 5.74) is 1.77. The van der Waals surface area contributed by atoms with E-state index in [0.717, 1.165) is 5.56 Å². The van der Waals surface area contributed by atoms with E-state index < -0.39 is 5.97 Å². The van der Waals surface area contributed by atoms with Gasteiger partial charge in [-0.3, -0.25) is 4.79 Å². The van der Waals surface area contributed by atoms with Crippen molar-refractivity contribution < 1.29 is 19.1 Å². The molecule has 1 N–H and O–H groups in total. The van der Waals surface area contributed by atoms with E-state index in [-0.39, 0.29) is 19.1 Å². The van der Waals surface area contributed by atoms with E-state index in [9.17, 15) is 9.59 Å². The van der Waals surface area contributed by atoms with E-state index in [1.165, 1.54) is 0 Å². The molecule has 25 heavy (non-hydrogen) atoms. The maximum Gasteiger partial charge on any atom is 0.340 e. The van der Waals surface area contributed by atoms with Crippen LogP contribution >= 0.6 is 0 Å². The molecule has 2 aromatic rings. The van der Waals surface area contributed by atoms with E-state index in [1.54, 1.807) is 31.2 Å². The van der Waals surface area contributed by atoms with Crippen molar-refractivity contribution in [2.75, 3.05) is 18.5 Å². The number of hydrogen-bond donors (Lipinski definition) is 1. The fourth-order valence-electron chi connectivity index (χ4n) is 2.40. The molecule has 0 bridgehead atoms. The molecular formula is C20H23NO4. The standard InChI is InChI=1S/C20H23NO4/c1-4-24-20(23)16-10-5-7-11-17(16)21-19(22)13-25-18-12-8-6-9-15(18)14(2)3/h5-12,14H,4,13H2,1-3H3,(H,21,22). The Balaban J connectivity index is 2.03. The zero-order valence-electron chi connectivity index (χ0n) is 14.7. The molecule has 0 unspecified atom stereocenters. The Morgan fingerprint density at radius 3 is 2.44 bits per heavy atom. The molecule has 5 heteroatoms. The Morgan fingerprint density at radius 2 is 1.72 bits per heavy atom. The molecule has 1 amide bonds. The van der Waals surface area contributed by atoms with Crippen LogP contribution in [0.4, 0.5) is 5.69 Å². The zero-order chi connectivity index (χ0) is 18.2. The molecule has 0 spiro atoms. The second kappa shape index (κ2) is 8.87. The number of benzene rings is 2. The van der Waals surface area contributed by atoms with Crippen LogP contribution in [0.25, 0.3) is 0 Å². The third-order valence-corrected chi connectivity index (χ3v) is 3.60. The lowest BCUT2D eigenvalue weighted by Crippen LogP contribution is -2.22. The normalized spacial score (nSPS) is 10.4. The van der Waals surface area contributed by atoms with Gasteiger partial charge < -0.3 is 14.8 Å². The monoisotopic (exact) mass is 341 g/mol. The summed E-state index contributed by atoms with van der Waals surface area (Å²) in [5, 5.41) is 2.70. The fourth-order valence-corrected chi connectivity index (χ4v) is 2.40. The average molecular weight is 341 g/mol. The van der Waals surface area contributed by atoms with E-state index in [4.69, 9.17) is 9.47 Å². The topological polar surface area (TPSA) is 64.6 Å². The minimum Gasteiger partial charge on any atom is -0.483 e. The lowest BCUT2D eigenvalue weighted by atomic mass is 10.0. The third kappa shape index (κ3) is 5.08. The highest BCUT2D eigenvalue weighted by atomic mass is 16.5. The number of amides is 1. The average Bonchev–Trinajstić information content (AvgIpc) is 2.60. The highest BCUT2D eigenvalue weighted by Crippen LogP contribution is 2.25. The van der Waals surface area contributed by atoms with Crippen LogP contribution in [0.3, 0.4) is 0 Å². The number of ether oxygens (including phenoxy) is 2. The third-order valence-electron chi connectivity index (χ3n) is 3.60. The zero-order valence-corrected chi connectivity index (χ0v) is 14.7. The van der Waals surface area contributed by atoms with Gasteiger partial charge in [-0.15, -0.1) is 0 Å². The van der Waals surface area contributed by atoms with Gasteiger partial charge in [-0.1, -0.05) is 44.2 Å². The van der Waals surface area contributed by atoms with Gasteiger partial charge in [-0.05, 0) is 36.6 Å². The molecule has 132 valence electrons. The number of esters is 1. The summed E-state index contributed by atoms with van der Waals surface area (Å²) in [7, 11) is 0. The first-order valence-electron chi connectivity index (χ1n) is 8.30. The lowest BCUT2D eigenvalue weighted by molar-refractivity contribution is -0.118. The summed E-state index contributed by atoms with van der Waals surface area (Å²) in [6.45, 7) is 6.01. The molecule has 0 aliphatic heterocycles. The van der Waals surface area contributed by atoms with Gasteiger partial charge in [0.1, 0.15) is 5.75 Å². The Morgan fingerprint density at radius 1 is 1.04 bits per heavy atom. The first-order chi connectivity index (χ1) is 12.0. The van der Waals surface area contributed by atoms with E-state index in [0.29, 0.717) is 22.9 Å². The first kappa shape index (κ1) is 18.5. The second-order valence-electron chi connectivity index (χ2n) is 5.80. The molecule has 0 aliphatic rings. The number of hydrogen-bond acceptors (Lipinski definition) is 4. The van der Waals surface area contributed by atoms with Crippen molar-refractivity contribution in [3.05, 3.63) is 59.7 Å². The van der Waals surface area contributed by atoms with Gasteiger partial charge in [0.2, 0.25) is 0 Å². The SMILES string of the molecule is CCOC(=O)c1ccccc1NC(=O)COc1ccccc1C(C)C. The van der Waals surface area contributed by atoms with E-state index in [2.05, 4.69) is 19.2 Å². The van der Waals surface area contributed by atoms with Gasteiger partial charge in [0, 0.05) is 0 Å². The molecule has 0 saturated carbocycles. The molecule has 0 fully saturated rings. The Hall–Kier alpha value is -2.82. The number of para-hydroxylation sites is 2. The van der Waals surface area contributed by atoms with Crippen molar-refractivity contribution in [2.45, 2.75) is 26.7 Å². The summed E-state index contributed by atoms with van der Waals surface area (Å²) < 4.78 is 10.7. The van der Waals surface area contributed by atoms with Crippen molar-refractivity contribution in [2.24, 2.45) is 0 Å². The largest absolute Gasteiger partial charge is 0.483 e. The number of carbonyl (C=O) groups is 2. The summed E-state index contributed by atoms with van der Waals surface area (Å²) >= 11 is 0. The van der Waals surface area contributed by atoms with Gasteiger partial charge in [-0.2, -0.15) is 0 Å². The van der Waals surface area contributed by atoms with Gasteiger partial charge >= 0.3 is 5.97 Å². The summed E-state index contributed by atoms with van der Waals surface area (Å²) in [4.78, 5) is 24.2. The molecule has 0 radical (unpaired) electrons. The summed E-state index contributed by atoms with van der Waals surface area (Å²) in [6.07, 6.45) is 0. The van der Waals surface area contributed by atoms with Crippen molar-refractivity contribution in [3.8, 4) is 5.75 Å². The highest BCUT2D eigenvalue weighted by Gasteiger charge is 2.15.